The van der Waals surface area contributed by atoms with E-state index in [1.54, 1.807) is 0 Å². The van der Waals surface area contributed by atoms with Crippen molar-refractivity contribution in [3.8, 4) is 27.9 Å². The molecule has 0 radical (unpaired) electrons. The van der Waals surface area contributed by atoms with E-state index in [1.165, 1.54) is 21.8 Å². The second-order valence-corrected chi connectivity index (χ2v) is 11.5. The van der Waals surface area contributed by atoms with Gasteiger partial charge in [-0.3, -0.25) is 0 Å². The molecular formula is C42H28N2O. The third-order valence-corrected chi connectivity index (χ3v) is 8.79. The normalized spacial score (nSPS) is 11.6. The molecule has 212 valence electrons. The molecule has 0 fully saturated rings. The summed E-state index contributed by atoms with van der Waals surface area (Å²) < 4.78 is 8.74. The Bertz CT molecular complexity index is 2490. The van der Waals surface area contributed by atoms with Crippen LogP contribution in [0.1, 0.15) is 0 Å². The van der Waals surface area contributed by atoms with Gasteiger partial charge in [0.2, 0.25) is 0 Å². The molecule has 0 saturated heterocycles. The van der Waals surface area contributed by atoms with Gasteiger partial charge < -0.3 is 14.3 Å². The molecule has 0 aliphatic heterocycles. The van der Waals surface area contributed by atoms with E-state index in [4.69, 9.17) is 4.42 Å². The predicted octanol–water partition coefficient (Wildman–Crippen LogP) is 11.8. The lowest BCUT2D eigenvalue weighted by molar-refractivity contribution is 0.670. The van der Waals surface area contributed by atoms with Gasteiger partial charge in [-0.05, 0) is 71.3 Å². The van der Waals surface area contributed by atoms with Gasteiger partial charge in [-0.1, -0.05) is 109 Å². The van der Waals surface area contributed by atoms with Crippen LogP contribution < -0.4 is 5.32 Å². The molecule has 3 nitrogen and oxygen atoms in total. The summed E-state index contributed by atoms with van der Waals surface area (Å²) in [5.41, 5.74) is 12.1. The summed E-state index contributed by atoms with van der Waals surface area (Å²) in [5.74, 6) is 0. The van der Waals surface area contributed by atoms with Crippen molar-refractivity contribution in [3.63, 3.8) is 0 Å². The topological polar surface area (TPSA) is 30.1 Å². The molecule has 45 heavy (non-hydrogen) atoms. The number of nitrogens with one attached hydrogen (secondary N) is 1. The summed E-state index contributed by atoms with van der Waals surface area (Å²) in [6, 6.07) is 57.7. The highest BCUT2D eigenvalue weighted by molar-refractivity contribution is 6.15. The average Bonchev–Trinajstić information content (AvgIpc) is 3.65. The van der Waals surface area contributed by atoms with Crippen LogP contribution in [0.2, 0.25) is 0 Å². The minimum atomic E-state index is 0.901. The first-order valence-corrected chi connectivity index (χ1v) is 15.3. The second-order valence-electron chi connectivity index (χ2n) is 11.5. The maximum Gasteiger partial charge on any atom is 0.143 e. The van der Waals surface area contributed by atoms with Crippen LogP contribution in [0.5, 0.6) is 0 Å². The minimum absolute atomic E-state index is 0.901. The predicted molar refractivity (Wildman–Crippen MR) is 189 cm³/mol. The van der Waals surface area contributed by atoms with Crippen LogP contribution in [0.25, 0.3) is 71.7 Å². The summed E-state index contributed by atoms with van der Waals surface area (Å²) in [6.07, 6.45) is 0. The molecule has 0 saturated carbocycles. The molecule has 0 unspecified atom stereocenters. The van der Waals surface area contributed by atoms with Crippen molar-refractivity contribution in [1.82, 2.24) is 4.57 Å². The number of rotatable bonds is 5. The number of para-hydroxylation sites is 3. The first-order chi connectivity index (χ1) is 22.3. The van der Waals surface area contributed by atoms with Gasteiger partial charge in [0.25, 0.3) is 0 Å². The van der Waals surface area contributed by atoms with Gasteiger partial charge in [0, 0.05) is 44.2 Å². The van der Waals surface area contributed by atoms with Gasteiger partial charge in [-0.25, -0.2) is 0 Å². The van der Waals surface area contributed by atoms with E-state index in [9.17, 15) is 0 Å². The Balaban J connectivity index is 1.08. The Hall–Kier alpha value is -6.06. The Labute approximate surface area is 260 Å². The Morgan fingerprint density at radius 2 is 1.16 bits per heavy atom. The molecule has 3 heteroatoms. The van der Waals surface area contributed by atoms with E-state index in [-0.39, 0.29) is 0 Å². The summed E-state index contributed by atoms with van der Waals surface area (Å²) in [5, 5.41) is 8.43. The van der Waals surface area contributed by atoms with E-state index in [1.807, 2.05) is 6.07 Å². The van der Waals surface area contributed by atoms with Crippen LogP contribution >= 0.6 is 0 Å². The van der Waals surface area contributed by atoms with Crippen molar-refractivity contribution in [2.24, 2.45) is 0 Å². The van der Waals surface area contributed by atoms with Crippen molar-refractivity contribution in [1.29, 1.82) is 0 Å². The minimum Gasteiger partial charge on any atom is -0.455 e. The highest BCUT2D eigenvalue weighted by Gasteiger charge is 2.16. The summed E-state index contributed by atoms with van der Waals surface area (Å²) in [7, 11) is 0. The molecule has 9 aromatic rings. The van der Waals surface area contributed by atoms with E-state index in [0.29, 0.717) is 0 Å². The number of benzene rings is 7. The van der Waals surface area contributed by atoms with E-state index >= 15 is 0 Å². The van der Waals surface area contributed by atoms with Gasteiger partial charge in [-0.15, -0.1) is 0 Å². The van der Waals surface area contributed by atoms with Crippen LogP contribution in [0, 0.1) is 0 Å². The zero-order chi connectivity index (χ0) is 29.7. The smallest absolute Gasteiger partial charge is 0.143 e. The second kappa shape index (κ2) is 10.3. The summed E-state index contributed by atoms with van der Waals surface area (Å²) in [4.78, 5) is 0. The fourth-order valence-electron chi connectivity index (χ4n) is 6.70. The molecule has 9 rings (SSSR count). The van der Waals surface area contributed by atoms with E-state index in [0.717, 1.165) is 61.3 Å². The molecule has 0 bridgehead atoms. The van der Waals surface area contributed by atoms with Crippen LogP contribution in [-0.2, 0) is 0 Å². The monoisotopic (exact) mass is 576 g/mol. The third kappa shape index (κ3) is 4.21. The lowest BCUT2D eigenvalue weighted by Gasteiger charge is -2.11. The van der Waals surface area contributed by atoms with Crippen LogP contribution in [0.3, 0.4) is 0 Å². The molecule has 1 N–H and O–H groups in total. The van der Waals surface area contributed by atoms with Crippen LogP contribution in [0.15, 0.2) is 168 Å². The molecule has 2 heterocycles. The summed E-state index contributed by atoms with van der Waals surface area (Å²) in [6.45, 7) is 0. The molecule has 0 spiro atoms. The van der Waals surface area contributed by atoms with Gasteiger partial charge >= 0.3 is 0 Å². The molecule has 0 aliphatic rings. The number of fused-ring (bicyclic) bond motifs is 6. The fraction of sp³-hybridized carbons (Fsp3) is 0. The van der Waals surface area contributed by atoms with Crippen LogP contribution in [-0.4, -0.2) is 4.57 Å². The fourth-order valence-corrected chi connectivity index (χ4v) is 6.70. The van der Waals surface area contributed by atoms with E-state index < -0.39 is 0 Å². The third-order valence-electron chi connectivity index (χ3n) is 8.79. The standard InChI is InChI=1S/C42H28N2O/c1-3-11-29(12-4-1)33-16-9-17-34-36-27-30(23-26-40(36)45-42(33)34)28-21-24-31(25-22-28)43-37-18-10-20-39-41(37)35-15-7-8-19-38(35)44(39)32-13-5-2-6-14-32/h1-27,43H. The van der Waals surface area contributed by atoms with Crippen molar-refractivity contribution in [2.75, 3.05) is 5.32 Å². The van der Waals surface area contributed by atoms with Gasteiger partial charge in [0.1, 0.15) is 11.2 Å². The zero-order valence-corrected chi connectivity index (χ0v) is 24.4. The molecule has 0 aliphatic carbocycles. The molecule has 7 aromatic carbocycles. The number of hydrogen-bond acceptors (Lipinski definition) is 2. The Morgan fingerprint density at radius 3 is 2.00 bits per heavy atom. The van der Waals surface area contributed by atoms with Crippen molar-refractivity contribution >= 4 is 55.1 Å². The maximum absolute atomic E-state index is 6.40. The average molecular weight is 577 g/mol. The van der Waals surface area contributed by atoms with Crippen molar-refractivity contribution in [3.05, 3.63) is 164 Å². The van der Waals surface area contributed by atoms with Gasteiger partial charge in [-0.2, -0.15) is 0 Å². The van der Waals surface area contributed by atoms with Crippen molar-refractivity contribution < 1.29 is 4.42 Å². The Morgan fingerprint density at radius 1 is 0.467 bits per heavy atom. The molecular weight excluding hydrogens is 548 g/mol. The lowest BCUT2D eigenvalue weighted by atomic mass is 10.00. The number of anilines is 2. The first kappa shape index (κ1) is 25.4. The van der Waals surface area contributed by atoms with Crippen molar-refractivity contribution in [2.45, 2.75) is 0 Å². The highest BCUT2D eigenvalue weighted by atomic mass is 16.3. The largest absolute Gasteiger partial charge is 0.455 e. The van der Waals surface area contributed by atoms with Gasteiger partial charge in [0.15, 0.2) is 0 Å². The van der Waals surface area contributed by atoms with Gasteiger partial charge in [0.05, 0.1) is 11.0 Å². The number of aromatic nitrogens is 1. The number of nitrogens with zero attached hydrogens (tertiary/aromatic N) is 1. The molecule has 2 aromatic heterocycles. The molecule has 0 atom stereocenters. The van der Waals surface area contributed by atoms with E-state index in [2.05, 4.69) is 168 Å². The lowest BCUT2D eigenvalue weighted by Crippen LogP contribution is -1.94. The maximum atomic E-state index is 6.40. The Kier molecular flexibility index (Phi) is 5.82. The summed E-state index contributed by atoms with van der Waals surface area (Å²) >= 11 is 0. The quantitative estimate of drug-likeness (QED) is 0.221. The highest BCUT2D eigenvalue weighted by Crippen LogP contribution is 2.39. The molecule has 0 amide bonds. The number of furan rings is 1. The SMILES string of the molecule is c1ccc(-c2cccc3c2oc2ccc(-c4ccc(Nc5cccc6c5c5ccccc5n6-c5ccccc5)cc4)cc23)cc1. The zero-order valence-electron chi connectivity index (χ0n) is 24.4. The van der Waals surface area contributed by atoms with Crippen LogP contribution in [0.4, 0.5) is 11.4 Å². The number of hydrogen-bond donors (Lipinski definition) is 1. The first-order valence-electron chi connectivity index (χ1n) is 15.3.